The second-order valence-electron chi connectivity index (χ2n) is 5.76. The van der Waals surface area contributed by atoms with Gasteiger partial charge in [-0.25, -0.2) is 13.4 Å². The number of sulfonamides is 1. The molecule has 0 saturated heterocycles. The molecule has 0 unspecified atom stereocenters. The zero-order valence-electron chi connectivity index (χ0n) is 13.6. The van der Waals surface area contributed by atoms with E-state index in [2.05, 4.69) is 21.6 Å². The third-order valence-electron chi connectivity index (χ3n) is 3.86. The van der Waals surface area contributed by atoms with Gasteiger partial charge in [0.15, 0.2) is 0 Å². The summed E-state index contributed by atoms with van der Waals surface area (Å²) in [5, 5.41) is 0. The van der Waals surface area contributed by atoms with Crippen LogP contribution in [0.3, 0.4) is 0 Å². The molecular formula is C18H21N3O2S. The number of imidazole rings is 1. The van der Waals surface area contributed by atoms with Crippen molar-refractivity contribution >= 4 is 26.7 Å². The average molecular weight is 343 g/mol. The Bertz CT molecular complexity index is 918. The molecule has 3 aromatic rings. The summed E-state index contributed by atoms with van der Waals surface area (Å²) in [6.07, 6.45) is 4.15. The summed E-state index contributed by atoms with van der Waals surface area (Å²) >= 11 is 0. The molecule has 5 nitrogen and oxygen atoms in total. The van der Waals surface area contributed by atoms with Gasteiger partial charge in [-0.1, -0.05) is 44.0 Å². The number of nitrogens with zero attached hydrogens (tertiary/aromatic N) is 1. The van der Waals surface area contributed by atoms with E-state index in [1.807, 2.05) is 12.1 Å². The van der Waals surface area contributed by atoms with Crippen LogP contribution in [0.5, 0.6) is 0 Å². The van der Waals surface area contributed by atoms with Crippen LogP contribution in [0.25, 0.3) is 11.0 Å². The summed E-state index contributed by atoms with van der Waals surface area (Å²) in [5.74, 6) is 0.834. The van der Waals surface area contributed by atoms with E-state index in [0.29, 0.717) is 11.2 Å². The summed E-state index contributed by atoms with van der Waals surface area (Å²) in [4.78, 5) is 7.94. The van der Waals surface area contributed by atoms with Gasteiger partial charge < -0.3 is 4.98 Å². The van der Waals surface area contributed by atoms with Crippen molar-refractivity contribution in [2.45, 2.75) is 37.5 Å². The fourth-order valence-corrected chi connectivity index (χ4v) is 3.88. The normalized spacial score (nSPS) is 11.7. The van der Waals surface area contributed by atoms with Crippen molar-refractivity contribution in [1.82, 2.24) is 9.97 Å². The van der Waals surface area contributed by atoms with Gasteiger partial charge in [-0.3, -0.25) is 4.72 Å². The van der Waals surface area contributed by atoms with Gasteiger partial charge in [0.1, 0.15) is 16.2 Å². The molecule has 3 rings (SSSR count). The summed E-state index contributed by atoms with van der Waals surface area (Å²) in [6.45, 7) is 2.15. The van der Waals surface area contributed by atoms with Gasteiger partial charge in [-0.15, -0.1) is 0 Å². The number of rotatable bonds is 7. The van der Waals surface area contributed by atoms with Crippen LogP contribution in [0.4, 0.5) is 5.69 Å². The Balaban J connectivity index is 1.93. The minimum Gasteiger partial charge on any atom is -0.342 e. The van der Waals surface area contributed by atoms with E-state index in [1.165, 1.54) is 0 Å². The number of aromatic amines is 1. The molecule has 2 aromatic carbocycles. The van der Waals surface area contributed by atoms with E-state index in [4.69, 9.17) is 0 Å². The minimum atomic E-state index is -3.68. The molecule has 0 bridgehead atoms. The van der Waals surface area contributed by atoms with Gasteiger partial charge in [0, 0.05) is 12.1 Å². The Labute approximate surface area is 142 Å². The molecule has 0 aliphatic carbocycles. The minimum absolute atomic E-state index is 0.196. The largest absolute Gasteiger partial charge is 0.342 e. The molecule has 0 atom stereocenters. The Kier molecular flexibility index (Phi) is 4.85. The molecular weight excluding hydrogens is 322 g/mol. The van der Waals surface area contributed by atoms with Crippen LogP contribution in [-0.4, -0.2) is 18.4 Å². The number of anilines is 1. The van der Waals surface area contributed by atoms with Crippen LogP contribution < -0.4 is 4.72 Å². The Hall–Kier alpha value is -2.34. The van der Waals surface area contributed by atoms with Crippen LogP contribution >= 0.6 is 0 Å². The molecule has 0 saturated carbocycles. The highest BCUT2D eigenvalue weighted by atomic mass is 32.2. The monoisotopic (exact) mass is 343 g/mol. The maximum absolute atomic E-state index is 12.7. The van der Waals surface area contributed by atoms with Gasteiger partial charge in [-0.05, 0) is 30.7 Å². The van der Waals surface area contributed by atoms with Gasteiger partial charge in [-0.2, -0.15) is 0 Å². The summed E-state index contributed by atoms with van der Waals surface area (Å²) in [6, 6.07) is 14.0. The number of hydrogen-bond donors (Lipinski definition) is 2. The molecule has 0 aliphatic rings. The third-order valence-corrected chi connectivity index (χ3v) is 5.27. The van der Waals surface area contributed by atoms with Crippen LogP contribution in [0.1, 0.15) is 32.0 Å². The average Bonchev–Trinajstić information content (AvgIpc) is 2.98. The topological polar surface area (TPSA) is 74.8 Å². The van der Waals surface area contributed by atoms with Crippen LogP contribution in [0.2, 0.25) is 0 Å². The molecule has 1 heterocycles. The van der Waals surface area contributed by atoms with E-state index in [1.54, 1.807) is 36.4 Å². The van der Waals surface area contributed by atoms with Gasteiger partial charge >= 0.3 is 0 Å². The lowest BCUT2D eigenvalue weighted by Gasteiger charge is -2.08. The predicted molar refractivity (Wildman–Crippen MR) is 96.6 cm³/mol. The van der Waals surface area contributed by atoms with Crippen LogP contribution in [0.15, 0.2) is 53.4 Å². The van der Waals surface area contributed by atoms with Crippen molar-refractivity contribution < 1.29 is 8.42 Å². The number of H-pyrrole nitrogens is 1. The first-order valence-corrected chi connectivity index (χ1v) is 9.64. The lowest BCUT2D eigenvalue weighted by Crippen LogP contribution is -2.13. The van der Waals surface area contributed by atoms with Gasteiger partial charge in [0.25, 0.3) is 10.0 Å². The quantitative estimate of drug-likeness (QED) is 0.634. The molecule has 0 spiro atoms. The summed E-state index contributed by atoms with van der Waals surface area (Å²) in [5.41, 5.74) is 1.78. The maximum atomic E-state index is 12.7. The standard InChI is InChI=1S/C18H21N3O2S/c1-2-3-5-13-17-19-15-11-8-12-16(18(15)20-17)24(22,23)21-14-9-6-4-7-10-14/h4,6-12,21H,2-3,5,13H2,1H3,(H,19,20). The molecule has 0 amide bonds. The third kappa shape index (κ3) is 3.59. The van der Waals surface area contributed by atoms with Crippen molar-refractivity contribution in [1.29, 1.82) is 0 Å². The van der Waals surface area contributed by atoms with Crippen molar-refractivity contribution in [3.63, 3.8) is 0 Å². The fraction of sp³-hybridized carbons (Fsp3) is 0.278. The van der Waals surface area contributed by atoms with Gasteiger partial charge in [0.05, 0.1) is 5.52 Å². The highest BCUT2D eigenvalue weighted by Crippen LogP contribution is 2.24. The number of aromatic nitrogens is 2. The van der Waals surface area contributed by atoms with Gasteiger partial charge in [0.2, 0.25) is 0 Å². The molecule has 1 aromatic heterocycles. The Morgan fingerprint density at radius 3 is 2.58 bits per heavy atom. The van der Waals surface area contributed by atoms with Crippen molar-refractivity contribution in [3.05, 3.63) is 54.4 Å². The van der Waals surface area contributed by atoms with E-state index in [-0.39, 0.29) is 4.90 Å². The lowest BCUT2D eigenvalue weighted by molar-refractivity contribution is 0.602. The van der Waals surface area contributed by atoms with E-state index in [9.17, 15) is 8.42 Å². The molecule has 0 radical (unpaired) electrons. The highest BCUT2D eigenvalue weighted by Gasteiger charge is 2.19. The lowest BCUT2D eigenvalue weighted by atomic mass is 10.2. The number of hydrogen-bond acceptors (Lipinski definition) is 3. The Morgan fingerprint density at radius 2 is 1.83 bits per heavy atom. The van der Waals surface area contributed by atoms with Crippen molar-refractivity contribution in [2.75, 3.05) is 4.72 Å². The molecule has 0 aliphatic heterocycles. The summed E-state index contributed by atoms with van der Waals surface area (Å²) in [7, 11) is -3.68. The molecule has 6 heteroatoms. The van der Waals surface area contributed by atoms with Crippen molar-refractivity contribution in [3.8, 4) is 0 Å². The molecule has 0 fully saturated rings. The number of aryl methyl sites for hydroxylation is 1. The fourth-order valence-electron chi connectivity index (χ4n) is 2.65. The number of benzene rings is 2. The van der Waals surface area contributed by atoms with E-state index >= 15 is 0 Å². The van der Waals surface area contributed by atoms with Crippen molar-refractivity contribution in [2.24, 2.45) is 0 Å². The number of fused-ring (bicyclic) bond motifs is 1. The molecule has 24 heavy (non-hydrogen) atoms. The maximum Gasteiger partial charge on any atom is 0.264 e. The zero-order chi connectivity index (χ0) is 17.0. The highest BCUT2D eigenvalue weighted by molar-refractivity contribution is 7.93. The van der Waals surface area contributed by atoms with Crippen LogP contribution in [-0.2, 0) is 16.4 Å². The molecule has 126 valence electrons. The molecule has 2 N–H and O–H groups in total. The number of nitrogens with one attached hydrogen (secondary N) is 2. The summed E-state index contributed by atoms with van der Waals surface area (Å²) < 4.78 is 28.0. The van der Waals surface area contributed by atoms with Crippen LogP contribution in [0, 0.1) is 0 Å². The second-order valence-corrected chi connectivity index (χ2v) is 7.42. The number of para-hydroxylation sites is 2. The Morgan fingerprint density at radius 1 is 1.04 bits per heavy atom. The van der Waals surface area contributed by atoms with E-state index < -0.39 is 10.0 Å². The first-order valence-electron chi connectivity index (χ1n) is 8.15. The number of unbranched alkanes of at least 4 members (excludes halogenated alkanes) is 2. The SMILES string of the molecule is CCCCCc1nc2c(S(=O)(=O)Nc3ccccc3)cccc2[nH]1. The second kappa shape index (κ2) is 7.05. The zero-order valence-corrected chi connectivity index (χ0v) is 14.4. The predicted octanol–water partition coefficient (Wildman–Crippen LogP) is 4.10. The first-order chi connectivity index (χ1) is 11.6. The van der Waals surface area contributed by atoms with E-state index in [0.717, 1.165) is 37.0 Å². The first kappa shape index (κ1) is 16.5. The smallest absolute Gasteiger partial charge is 0.264 e.